The average molecular weight is 341 g/mol. The maximum Gasteiger partial charge on any atom is 0.119 e. The number of nitrogens with zero attached hydrogens (tertiary/aromatic N) is 1. The van der Waals surface area contributed by atoms with Gasteiger partial charge in [-0.15, -0.1) is 0 Å². The monoisotopic (exact) mass is 341 g/mol. The zero-order valence-electron chi connectivity index (χ0n) is 13.1. The van der Waals surface area contributed by atoms with Crippen LogP contribution in [0.2, 0.25) is 0 Å². The Hall–Kier alpha value is -0.990. The lowest BCUT2D eigenvalue weighted by atomic mass is 10.2. The fourth-order valence-electron chi connectivity index (χ4n) is 2.28. The predicted molar refractivity (Wildman–Crippen MR) is 89.1 cm³/mol. The summed E-state index contributed by atoms with van der Waals surface area (Å²) in [4.78, 5) is 2.30. The Labute approximate surface area is 140 Å². The van der Waals surface area contributed by atoms with Gasteiger partial charge in [0.05, 0.1) is 26.4 Å². The summed E-state index contributed by atoms with van der Waals surface area (Å²) >= 11 is 1.53. The van der Waals surface area contributed by atoms with Crippen LogP contribution in [0.15, 0.2) is 24.3 Å². The van der Waals surface area contributed by atoms with Crippen LogP contribution < -0.4 is 9.64 Å². The third-order valence-corrected chi connectivity index (χ3v) is 4.32. The molecule has 2 fully saturated rings. The maximum atomic E-state index is 9.82. The van der Waals surface area contributed by atoms with Crippen LogP contribution in [0, 0.1) is 0 Å². The number of rotatable bonds is 8. The second-order valence-corrected chi connectivity index (χ2v) is 6.46. The molecule has 0 radical (unpaired) electrons. The topological polar surface area (TPSA) is 63.7 Å². The Balaban J connectivity index is 1.39. The Kier molecular flexibility index (Phi) is 6.41. The van der Waals surface area contributed by atoms with Crippen molar-refractivity contribution in [1.29, 1.82) is 0 Å². The molecule has 0 bridgehead atoms. The Morgan fingerprint density at radius 2 is 2.09 bits per heavy atom. The quantitative estimate of drug-likeness (QED) is 0.565. The fraction of sp³-hybridized carbons (Fsp3) is 0.625. The Morgan fingerprint density at radius 3 is 2.87 bits per heavy atom. The minimum Gasteiger partial charge on any atom is -0.491 e. The van der Waals surface area contributed by atoms with Gasteiger partial charge in [-0.25, -0.2) is 0 Å². The van der Waals surface area contributed by atoms with E-state index in [1.54, 1.807) is 0 Å². The molecule has 0 spiro atoms. The molecule has 128 valence electrons. The van der Waals surface area contributed by atoms with Crippen molar-refractivity contribution in [2.75, 3.05) is 56.8 Å². The van der Waals surface area contributed by atoms with Gasteiger partial charge >= 0.3 is 0 Å². The highest BCUT2D eigenvalue weighted by atomic mass is 32.2. The minimum absolute atomic E-state index is 0.221. The molecule has 2 aliphatic rings. The molecule has 0 saturated carbocycles. The molecule has 1 N–H and O–H groups in total. The molecule has 23 heavy (non-hydrogen) atoms. The number of benzene rings is 1. The van der Waals surface area contributed by atoms with E-state index in [1.165, 1.54) is 12.0 Å². The zero-order chi connectivity index (χ0) is 15.9. The van der Waals surface area contributed by atoms with Crippen LogP contribution in [-0.4, -0.2) is 69.2 Å². The van der Waals surface area contributed by atoms with Crippen LogP contribution in [0.25, 0.3) is 0 Å². The molecule has 0 aromatic heterocycles. The van der Waals surface area contributed by atoms with E-state index in [2.05, 4.69) is 4.90 Å². The van der Waals surface area contributed by atoms with Gasteiger partial charge in [-0.1, -0.05) is 0 Å². The third-order valence-electron chi connectivity index (χ3n) is 3.63. The maximum absolute atomic E-state index is 9.82. The van der Waals surface area contributed by atoms with Gasteiger partial charge in [0.2, 0.25) is 0 Å². The molecule has 0 amide bonds. The molecule has 2 heterocycles. The summed E-state index contributed by atoms with van der Waals surface area (Å²) in [6.07, 6.45) is -0.411. The van der Waals surface area contributed by atoms with E-state index in [1.807, 2.05) is 24.3 Å². The molecule has 6 nitrogen and oxygen atoms in total. The molecular weight excluding hydrogens is 318 g/mol. The summed E-state index contributed by atoms with van der Waals surface area (Å²) in [5, 5.41) is 9.82. The lowest BCUT2D eigenvalue weighted by molar-refractivity contribution is 0.00761. The molecule has 2 atom stereocenters. The second kappa shape index (κ2) is 8.75. The van der Waals surface area contributed by atoms with Crippen LogP contribution in [0.5, 0.6) is 5.75 Å². The lowest BCUT2D eigenvalue weighted by Crippen LogP contribution is -2.27. The number of epoxide rings is 1. The molecule has 0 aliphatic carbocycles. The van der Waals surface area contributed by atoms with E-state index < -0.39 is 6.10 Å². The van der Waals surface area contributed by atoms with E-state index in [0.717, 1.165) is 43.5 Å². The summed E-state index contributed by atoms with van der Waals surface area (Å²) in [7, 11) is 0. The van der Waals surface area contributed by atoms with Crippen LogP contribution >= 0.6 is 12.0 Å². The van der Waals surface area contributed by atoms with Crippen molar-refractivity contribution in [1.82, 2.24) is 0 Å². The van der Waals surface area contributed by atoms with E-state index in [9.17, 15) is 5.11 Å². The first-order valence-electron chi connectivity index (χ1n) is 7.91. The summed E-state index contributed by atoms with van der Waals surface area (Å²) in [6, 6.07) is 7.94. The SMILES string of the molecule is OC(COCC1CO1)COc1ccc(N2CCOSCC2)cc1. The largest absolute Gasteiger partial charge is 0.491 e. The first-order chi connectivity index (χ1) is 11.3. The number of aliphatic hydroxyl groups excluding tert-OH is 1. The van der Waals surface area contributed by atoms with Gasteiger partial charge in [0.1, 0.15) is 24.6 Å². The number of anilines is 1. The highest BCUT2D eigenvalue weighted by Gasteiger charge is 2.22. The van der Waals surface area contributed by atoms with Gasteiger partial charge in [0, 0.05) is 24.5 Å². The van der Waals surface area contributed by atoms with Crippen LogP contribution in [0.4, 0.5) is 5.69 Å². The first kappa shape index (κ1) is 16.9. The normalized spacial score (nSPS) is 22.5. The van der Waals surface area contributed by atoms with Crippen LogP contribution in [0.1, 0.15) is 0 Å². The Bertz CT molecular complexity index is 460. The smallest absolute Gasteiger partial charge is 0.119 e. The summed E-state index contributed by atoms with van der Waals surface area (Å²) < 4.78 is 21.4. The third kappa shape index (κ3) is 5.86. The van der Waals surface area contributed by atoms with Crippen molar-refractivity contribution in [2.45, 2.75) is 12.2 Å². The van der Waals surface area contributed by atoms with Gasteiger partial charge in [-0.3, -0.25) is 0 Å². The fourth-order valence-corrected chi connectivity index (χ4v) is 2.88. The van der Waals surface area contributed by atoms with E-state index in [0.29, 0.717) is 6.61 Å². The highest BCUT2D eigenvalue weighted by molar-refractivity contribution is 7.94. The lowest BCUT2D eigenvalue weighted by Gasteiger charge is -2.21. The first-order valence-corrected chi connectivity index (χ1v) is 8.82. The minimum atomic E-state index is -0.631. The van der Waals surface area contributed by atoms with Gasteiger partial charge in [0.15, 0.2) is 0 Å². The van der Waals surface area contributed by atoms with Gasteiger partial charge in [0.25, 0.3) is 0 Å². The van der Waals surface area contributed by atoms with Gasteiger partial charge < -0.3 is 28.4 Å². The summed E-state index contributed by atoms with van der Waals surface area (Å²) in [5.74, 6) is 1.72. The predicted octanol–water partition coefficient (Wildman–Crippen LogP) is 1.33. The molecule has 2 aliphatic heterocycles. The molecule has 2 unspecified atom stereocenters. The average Bonchev–Trinajstić information content (AvgIpc) is 3.40. The van der Waals surface area contributed by atoms with Gasteiger partial charge in [-0.05, 0) is 36.3 Å². The van der Waals surface area contributed by atoms with Crippen molar-refractivity contribution in [3.63, 3.8) is 0 Å². The number of hydrogen-bond acceptors (Lipinski definition) is 7. The molecule has 2 saturated heterocycles. The van der Waals surface area contributed by atoms with Crippen molar-refractivity contribution >= 4 is 17.7 Å². The Morgan fingerprint density at radius 1 is 1.26 bits per heavy atom. The van der Waals surface area contributed by atoms with E-state index >= 15 is 0 Å². The van der Waals surface area contributed by atoms with E-state index in [4.69, 9.17) is 18.4 Å². The number of ether oxygens (including phenoxy) is 3. The van der Waals surface area contributed by atoms with Crippen molar-refractivity contribution in [2.24, 2.45) is 0 Å². The molecule has 3 rings (SSSR count). The van der Waals surface area contributed by atoms with Crippen molar-refractivity contribution in [3.8, 4) is 5.75 Å². The second-order valence-electron chi connectivity index (χ2n) is 5.58. The number of aliphatic hydroxyl groups is 1. The van der Waals surface area contributed by atoms with Crippen LogP contribution in [0.3, 0.4) is 0 Å². The molecule has 1 aromatic rings. The molecule has 7 heteroatoms. The van der Waals surface area contributed by atoms with E-state index in [-0.39, 0.29) is 19.3 Å². The van der Waals surface area contributed by atoms with Crippen molar-refractivity contribution < 1.29 is 23.5 Å². The highest BCUT2D eigenvalue weighted by Crippen LogP contribution is 2.21. The molecular formula is C16H23NO5S. The standard InChI is InChI=1S/C16H23NO5S/c18-14(9-19-11-16-12-21-16)10-20-15-3-1-13(2-4-15)17-5-7-22-23-8-6-17/h1-4,14,16,18H,5-12H2. The molecule has 1 aromatic carbocycles. The van der Waals surface area contributed by atoms with Crippen LogP contribution in [-0.2, 0) is 13.7 Å². The number of hydrogen-bond donors (Lipinski definition) is 1. The zero-order valence-corrected chi connectivity index (χ0v) is 13.9. The summed E-state index contributed by atoms with van der Waals surface area (Å²) in [6.45, 7) is 4.41. The van der Waals surface area contributed by atoms with Gasteiger partial charge in [-0.2, -0.15) is 0 Å². The summed E-state index contributed by atoms with van der Waals surface area (Å²) in [5.41, 5.74) is 1.16. The van der Waals surface area contributed by atoms with Crippen molar-refractivity contribution in [3.05, 3.63) is 24.3 Å².